The van der Waals surface area contributed by atoms with E-state index in [0.717, 1.165) is 29.7 Å². The molecule has 6 nitrogen and oxygen atoms in total. The van der Waals surface area contributed by atoms with Crippen molar-refractivity contribution < 1.29 is 9.26 Å². The van der Waals surface area contributed by atoms with Gasteiger partial charge in [-0.3, -0.25) is 4.99 Å². The van der Waals surface area contributed by atoms with Gasteiger partial charge in [-0.15, -0.1) is 0 Å². The van der Waals surface area contributed by atoms with E-state index in [2.05, 4.69) is 34.2 Å². The third-order valence-electron chi connectivity index (χ3n) is 3.74. The predicted molar refractivity (Wildman–Crippen MR) is 95.3 cm³/mol. The largest absolute Gasteiger partial charge is 0.497 e. The zero-order valence-electron chi connectivity index (χ0n) is 15.0. The molecule has 0 saturated heterocycles. The summed E-state index contributed by atoms with van der Waals surface area (Å²) in [5.74, 6) is 2.82. The fourth-order valence-electron chi connectivity index (χ4n) is 2.31. The van der Waals surface area contributed by atoms with Gasteiger partial charge in [-0.25, -0.2) is 0 Å². The third kappa shape index (κ3) is 4.75. The van der Waals surface area contributed by atoms with E-state index in [-0.39, 0.29) is 0 Å². The van der Waals surface area contributed by atoms with E-state index in [1.807, 2.05) is 37.4 Å². The number of ether oxygens (including phenoxy) is 1. The molecular weight excluding hydrogens is 304 g/mol. The molecule has 0 unspecified atom stereocenters. The first kappa shape index (κ1) is 17.8. The highest BCUT2D eigenvalue weighted by Gasteiger charge is 2.10. The summed E-state index contributed by atoms with van der Waals surface area (Å²) < 4.78 is 10.5. The van der Waals surface area contributed by atoms with Gasteiger partial charge < -0.3 is 19.5 Å². The number of rotatable bonds is 6. The molecule has 0 amide bonds. The number of methoxy groups -OCH3 is 1. The van der Waals surface area contributed by atoms with E-state index in [4.69, 9.17) is 9.26 Å². The van der Waals surface area contributed by atoms with Crippen molar-refractivity contribution >= 4 is 5.96 Å². The summed E-state index contributed by atoms with van der Waals surface area (Å²) in [6.07, 6.45) is 0. The summed E-state index contributed by atoms with van der Waals surface area (Å²) in [6.45, 7) is 5.49. The van der Waals surface area contributed by atoms with E-state index in [1.54, 1.807) is 14.2 Å². The van der Waals surface area contributed by atoms with Crippen LogP contribution in [-0.2, 0) is 13.1 Å². The Labute approximate surface area is 143 Å². The zero-order valence-corrected chi connectivity index (χ0v) is 15.0. The Kier molecular flexibility index (Phi) is 6.23. The number of hydrogen-bond donors (Lipinski definition) is 1. The Balaban J connectivity index is 1.91. The molecular formula is C18H26N4O2. The lowest BCUT2D eigenvalue weighted by Crippen LogP contribution is -2.37. The van der Waals surface area contributed by atoms with Crippen LogP contribution in [0, 0.1) is 0 Å². The maximum Gasteiger partial charge on any atom is 0.194 e. The summed E-state index contributed by atoms with van der Waals surface area (Å²) in [6, 6.07) is 10.00. The molecule has 1 N–H and O–H groups in total. The van der Waals surface area contributed by atoms with Gasteiger partial charge in [-0.2, -0.15) is 0 Å². The van der Waals surface area contributed by atoms with E-state index >= 15 is 0 Å². The van der Waals surface area contributed by atoms with Gasteiger partial charge in [-0.1, -0.05) is 31.1 Å². The average Bonchev–Trinajstić information content (AvgIpc) is 3.05. The number of aliphatic imine (C=N–C) groups is 1. The number of benzene rings is 1. The van der Waals surface area contributed by atoms with E-state index < -0.39 is 0 Å². The summed E-state index contributed by atoms with van der Waals surface area (Å²) in [7, 11) is 5.44. The quantitative estimate of drug-likeness (QED) is 0.651. The Bertz CT molecular complexity index is 662. The lowest BCUT2D eigenvalue weighted by molar-refractivity contribution is 0.368. The van der Waals surface area contributed by atoms with E-state index in [1.165, 1.54) is 5.56 Å². The highest BCUT2D eigenvalue weighted by molar-refractivity contribution is 5.79. The van der Waals surface area contributed by atoms with E-state index in [0.29, 0.717) is 12.5 Å². The minimum Gasteiger partial charge on any atom is -0.497 e. The second-order valence-electron chi connectivity index (χ2n) is 5.98. The molecule has 0 fully saturated rings. The fraction of sp³-hybridized carbons (Fsp3) is 0.444. The van der Waals surface area contributed by atoms with Crippen LogP contribution in [0.2, 0.25) is 0 Å². The Morgan fingerprint density at radius 3 is 2.58 bits per heavy atom. The van der Waals surface area contributed by atoms with Crippen molar-refractivity contribution in [3.63, 3.8) is 0 Å². The fourth-order valence-corrected chi connectivity index (χ4v) is 2.31. The normalized spacial score (nSPS) is 11.7. The molecule has 2 rings (SSSR count). The minimum absolute atomic E-state index is 0.361. The molecule has 0 atom stereocenters. The zero-order chi connectivity index (χ0) is 17.5. The van der Waals surface area contributed by atoms with Crippen LogP contribution in [-0.4, -0.2) is 37.2 Å². The number of guanidine groups is 1. The number of nitrogens with one attached hydrogen (secondary N) is 1. The SMILES string of the molecule is CN=C(NCc1cc(C(C)C)no1)N(C)Cc1ccc(OC)cc1. The standard InChI is InChI=1S/C18H26N4O2/c1-13(2)17-10-16(24-21-17)11-20-18(19-3)22(4)12-14-6-8-15(23-5)9-7-14/h6-10,13H,11-12H2,1-5H3,(H,19,20). The van der Waals surface area contributed by atoms with Crippen molar-refractivity contribution in [2.24, 2.45) is 4.99 Å². The second kappa shape index (κ2) is 8.38. The number of aromatic nitrogens is 1. The van der Waals surface area contributed by atoms with Gasteiger partial charge in [-0.05, 0) is 23.6 Å². The van der Waals surface area contributed by atoms with Crippen LogP contribution in [0.3, 0.4) is 0 Å². The first-order valence-corrected chi connectivity index (χ1v) is 8.03. The third-order valence-corrected chi connectivity index (χ3v) is 3.74. The maximum atomic E-state index is 5.34. The Morgan fingerprint density at radius 1 is 1.33 bits per heavy atom. The van der Waals surface area contributed by atoms with Crippen molar-refractivity contribution in [1.29, 1.82) is 0 Å². The van der Waals surface area contributed by atoms with Crippen molar-refractivity contribution in [2.45, 2.75) is 32.9 Å². The van der Waals surface area contributed by atoms with Gasteiger partial charge in [0.1, 0.15) is 5.75 Å². The Morgan fingerprint density at radius 2 is 2.04 bits per heavy atom. The first-order chi connectivity index (χ1) is 11.5. The topological polar surface area (TPSA) is 62.9 Å². The van der Waals surface area contributed by atoms with Crippen molar-refractivity contribution in [2.75, 3.05) is 21.2 Å². The Hall–Kier alpha value is -2.50. The van der Waals surface area contributed by atoms with Gasteiger partial charge >= 0.3 is 0 Å². The van der Waals surface area contributed by atoms with Gasteiger partial charge in [0.05, 0.1) is 19.3 Å². The molecule has 0 aliphatic heterocycles. The van der Waals surface area contributed by atoms with Crippen LogP contribution in [0.5, 0.6) is 5.75 Å². The van der Waals surface area contributed by atoms with Crippen molar-refractivity contribution in [1.82, 2.24) is 15.4 Å². The van der Waals surface area contributed by atoms with Crippen LogP contribution in [0.25, 0.3) is 0 Å². The molecule has 0 saturated carbocycles. The molecule has 2 aromatic rings. The molecule has 1 aromatic carbocycles. The molecule has 0 bridgehead atoms. The summed E-state index contributed by atoms with van der Waals surface area (Å²) in [5.41, 5.74) is 2.15. The van der Waals surface area contributed by atoms with Crippen LogP contribution in [0.4, 0.5) is 0 Å². The molecule has 1 heterocycles. The highest BCUT2D eigenvalue weighted by Crippen LogP contribution is 2.14. The minimum atomic E-state index is 0.361. The van der Waals surface area contributed by atoms with Crippen LogP contribution in [0.15, 0.2) is 39.8 Å². The van der Waals surface area contributed by atoms with Gasteiger partial charge in [0.25, 0.3) is 0 Å². The lowest BCUT2D eigenvalue weighted by Gasteiger charge is -2.21. The van der Waals surface area contributed by atoms with Gasteiger partial charge in [0.2, 0.25) is 0 Å². The molecule has 130 valence electrons. The molecule has 1 aromatic heterocycles. The predicted octanol–water partition coefficient (Wildman–Crippen LogP) is 3.01. The van der Waals surface area contributed by atoms with Gasteiger partial charge in [0.15, 0.2) is 11.7 Å². The highest BCUT2D eigenvalue weighted by atomic mass is 16.5. The molecule has 0 aliphatic rings. The van der Waals surface area contributed by atoms with Crippen molar-refractivity contribution in [3.8, 4) is 5.75 Å². The summed E-state index contributed by atoms with van der Waals surface area (Å²) >= 11 is 0. The monoisotopic (exact) mass is 330 g/mol. The molecule has 0 radical (unpaired) electrons. The first-order valence-electron chi connectivity index (χ1n) is 8.03. The molecule has 6 heteroatoms. The summed E-state index contributed by atoms with van der Waals surface area (Å²) in [5, 5.41) is 7.37. The van der Waals surface area contributed by atoms with Crippen LogP contribution >= 0.6 is 0 Å². The lowest BCUT2D eigenvalue weighted by atomic mass is 10.1. The smallest absolute Gasteiger partial charge is 0.194 e. The van der Waals surface area contributed by atoms with Crippen LogP contribution in [0.1, 0.15) is 36.8 Å². The van der Waals surface area contributed by atoms with Crippen LogP contribution < -0.4 is 10.1 Å². The van der Waals surface area contributed by atoms with Gasteiger partial charge in [0, 0.05) is 26.7 Å². The number of hydrogen-bond acceptors (Lipinski definition) is 4. The molecule has 24 heavy (non-hydrogen) atoms. The second-order valence-corrected chi connectivity index (χ2v) is 5.98. The van der Waals surface area contributed by atoms with E-state index in [9.17, 15) is 0 Å². The molecule has 0 spiro atoms. The average molecular weight is 330 g/mol. The maximum absolute atomic E-state index is 5.34. The molecule has 0 aliphatic carbocycles. The number of nitrogens with zero attached hydrogens (tertiary/aromatic N) is 3. The van der Waals surface area contributed by atoms with Crippen molar-refractivity contribution in [3.05, 3.63) is 47.3 Å². The summed E-state index contributed by atoms with van der Waals surface area (Å²) in [4.78, 5) is 6.38.